The quantitative estimate of drug-likeness (QED) is 0.571. The third kappa shape index (κ3) is 5.58. The number of nitrogens with zero attached hydrogens (tertiary/aromatic N) is 3. The molecule has 1 heterocycles. The molecule has 160 valence electrons. The van der Waals surface area contributed by atoms with E-state index in [4.69, 9.17) is 16.9 Å². The highest BCUT2D eigenvalue weighted by Gasteiger charge is 2.23. The summed E-state index contributed by atoms with van der Waals surface area (Å²) in [5.74, 6) is -1.35. The first-order chi connectivity index (χ1) is 14.6. The van der Waals surface area contributed by atoms with E-state index < -0.39 is 21.7 Å². The third-order valence-electron chi connectivity index (χ3n) is 4.16. The second-order valence-electron chi connectivity index (χ2n) is 6.59. The molecule has 0 saturated carbocycles. The van der Waals surface area contributed by atoms with Gasteiger partial charge in [-0.1, -0.05) is 17.7 Å². The largest absolute Gasteiger partial charge is 0.313 e. The number of benzene rings is 2. The molecule has 0 aliphatic rings. The van der Waals surface area contributed by atoms with Gasteiger partial charge in [0.2, 0.25) is 10.0 Å². The lowest BCUT2D eigenvalue weighted by Gasteiger charge is -2.22. The number of nitrogens with one attached hydrogen (secondary N) is 1. The number of hydrogen-bond acceptors (Lipinski definition) is 7. The molecule has 0 aliphatic carbocycles. The lowest BCUT2D eigenvalue weighted by Crippen LogP contribution is -2.30. The van der Waals surface area contributed by atoms with Crippen LogP contribution >= 0.6 is 22.9 Å². The van der Waals surface area contributed by atoms with E-state index in [1.165, 1.54) is 6.07 Å². The Morgan fingerprint density at radius 3 is 2.55 bits per heavy atom. The first kappa shape index (κ1) is 22.7. The van der Waals surface area contributed by atoms with Gasteiger partial charge in [0.25, 0.3) is 5.91 Å². The number of amides is 1. The number of aryl methyl sites for hydroxylation is 1. The Balaban J connectivity index is 2.04. The van der Waals surface area contributed by atoms with Crippen molar-refractivity contribution in [1.29, 1.82) is 5.26 Å². The molecule has 11 heteroatoms. The lowest BCUT2D eigenvalue weighted by molar-refractivity contribution is 0.0977. The zero-order chi connectivity index (χ0) is 22.8. The Hall–Kier alpha value is -3.00. The van der Waals surface area contributed by atoms with Gasteiger partial charge in [-0.05, 0) is 43.3 Å². The number of aromatic nitrogens is 1. The van der Waals surface area contributed by atoms with Crippen molar-refractivity contribution in [2.75, 3.05) is 11.2 Å². The average Bonchev–Trinajstić information content (AvgIpc) is 3.08. The number of sulfonamides is 1. The standard InChI is InChI=1S/C20H16ClFN4O3S2/c1-12-18(19(27)25-31(2,28)29)24-20(30-12)26(16-7-3-13(10-23)4-8-16)11-14-5-6-15(21)9-17(14)22/h3-9H,11H2,1-2H3,(H,25,27). The van der Waals surface area contributed by atoms with E-state index in [-0.39, 0.29) is 17.3 Å². The van der Waals surface area contributed by atoms with Crippen molar-refractivity contribution >= 4 is 49.7 Å². The number of thiazole rings is 1. The van der Waals surface area contributed by atoms with E-state index in [0.717, 1.165) is 17.6 Å². The molecule has 1 N–H and O–H groups in total. The van der Waals surface area contributed by atoms with Crippen molar-refractivity contribution in [1.82, 2.24) is 9.71 Å². The second kappa shape index (κ2) is 9.01. The van der Waals surface area contributed by atoms with Crippen LogP contribution in [0.3, 0.4) is 0 Å². The third-order valence-corrected chi connectivity index (χ3v) is 5.95. The first-order valence-electron chi connectivity index (χ1n) is 8.78. The van der Waals surface area contributed by atoms with Gasteiger partial charge in [-0.15, -0.1) is 11.3 Å². The summed E-state index contributed by atoms with van der Waals surface area (Å²) in [5.41, 5.74) is 1.35. The van der Waals surface area contributed by atoms with E-state index >= 15 is 0 Å². The van der Waals surface area contributed by atoms with Crippen LogP contribution < -0.4 is 9.62 Å². The summed E-state index contributed by atoms with van der Waals surface area (Å²) in [7, 11) is -3.76. The zero-order valence-corrected chi connectivity index (χ0v) is 18.8. The molecule has 0 spiro atoms. The smallest absolute Gasteiger partial charge is 0.284 e. The predicted molar refractivity (Wildman–Crippen MR) is 118 cm³/mol. The summed E-state index contributed by atoms with van der Waals surface area (Å²) in [5, 5.41) is 9.66. The van der Waals surface area contributed by atoms with Gasteiger partial charge in [0.05, 0.1) is 24.4 Å². The average molecular weight is 479 g/mol. The summed E-state index contributed by atoms with van der Waals surface area (Å²) >= 11 is 7.00. The molecule has 0 aliphatic heterocycles. The summed E-state index contributed by atoms with van der Waals surface area (Å²) in [6.45, 7) is 1.70. The van der Waals surface area contributed by atoms with Gasteiger partial charge in [-0.25, -0.2) is 22.5 Å². The fourth-order valence-electron chi connectivity index (χ4n) is 2.73. The Morgan fingerprint density at radius 1 is 1.29 bits per heavy atom. The molecule has 0 atom stereocenters. The number of anilines is 2. The molecule has 0 unspecified atom stereocenters. The van der Waals surface area contributed by atoms with Crippen molar-refractivity contribution in [3.63, 3.8) is 0 Å². The van der Waals surface area contributed by atoms with Crippen molar-refractivity contribution in [2.45, 2.75) is 13.5 Å². The van der Waals surface area contributed by atoms with E-state index in [1.54, 1.807) is 48.2 Å². The molecule has 2 aromatic carbocycles. The molecule has 1 amide bonds. The van der Waals surface area contributed by atoms with Gasteiger partial charge < -0.3 is 4.90 Å². The minimum atomic E-state index is -3.76. The minimum Gasteiger partial charge on any atom is -0.313 e. The van der Waals surface area contributed by atoms with Gasteiger partial charge in [-0.2, -0.15) is 5.26 Å². The van der Waals surface area contributed by atoms with Gasteiger partial charge in [0.1, 0.15) is 11.5 Å². The molecular formula is C20H16ClFN4O3S2. The van der Waals surface area contributed by atoms with E-state index in [9.17, 15) is 17.6 Å². The topological polar surface area (TPSA) is 103 Å². The van der Waals surface area contributed by atoms with Crippen LogP contribution in [-0.2, 0) is 16.6 Å². The molecule has 0 fully saturated rings. The molecule has 31 heavy (non-hydrogen) atoms. The van der Waals surface area contributed by atoms with Crippen LogP contribution in [0.1, 0.15) is 26.5 Å². The van der Waals surface area contributed by atoms with Crippen molar-refractivity contribution in [3.8, 4) is 6.07 Å². The Morgan fingerprint density at radius 2 is 1.97 bits per heavy atom. The maximum atomic E-state index is 14.5. The Kier molecular flexibility index (Phi) is 6.59. The van der Waals surface area contributed by atoms with Crippen LogP contribution in [0.5, 0.6) is 0 Å². The van der Waals surface area contributed by atoms with Crippen molar-refractivity contribution in [3.05, 3.63) is 75.0 Å². The Labute approximate surface area is 187 Å². The number of halogens is 2. The van der Waals surface area contributed by atoms with Gasteiger partial charge in [0, 0.05) is 21.2 Å². The van der Waals surface area contributed by atoms with Crippen LogP contribution in [0.4, 0.5) is 15.2 Å². The summed E-state index contributed by atoms with van der Waals surface area (Å²) < 4.78 is 39.2. The SMILES string of the molecule is Cc1sc(N(Cc2ccc(Cl)cc2F)c2ccc(C#N)cc2)nc1C(=O)NS(C)(=O)=O. The van der Waals surface area contributed by atoms with Crippen molar-refractivity contribution in [2.24, 2.45) is 0 Å². The summed E-state index contributed by atoms with van der Waals surface area (Å²) in [6.07, 6.45) is 0.875. The maximum Gasteiger partial charge on any atom is 0.284 e. The first-order valence-corrected chi connectivity index (χ1v) is 11.9. The van der Waals surface area contributed by atoms with Gasteiger partial charge >= 0.3 is 0 Å². The molecule has 3 aromatic rings. The monoisotopic (exact) mass is 478 g/mol. The predicted octanol–water partition coefficient (Wildman–Crippen LogP) is 4.14. The Bertz CT molecular complexity index is 1280. The zero-order valence-electron chi connectivity index (χ0n) is 16.4. The summed E-state index contributed by atoms with van der Waals surface area (Å²) in [6, 6.07) is 12.9. The molecule has 7 nitrogen and oxygen atoms in total. The molecule has 0 saturated heterocycles. The normalized spacial score (nSPS) is 11.1. The van der Waals surface area contributed by atoms with Crippen LogP contribution in [0.15, 0.2) is 42.5 Å². The highest BCUT2D eigenvalue weighted by atomic mass is 35.5. The van der Waals surface area contributed by atoms with Crippen LogP contribution in [0.25, 0.3) is 0 Å². The molecule has 0 bridgehead atoms. The minimum absolute atomic E-state index is 0.0411. The van der Waals surface area contributed by atoms with Crippen molar-refractivity contribution < 1.29 is 17.6 Å². The fraction of sp³-hybridized carbons (Fsp3) is 0.150. The van der Waals surface area contributed by atoms with E-state index in [1.807, 2.05) is 10.8 Å². The van der Waals surface area contributed by atoms with Gasteiger partial charge in [0.15, 0.2) is 5.13 Å². The fourth-order valence-corrected chi connectivity index (χ4v) is 4.25. The van der Waals surface area contributed by atoms with Crippen LogP contribution in [-0.4, -0.2) is 25.6 Å². The number of rotatable bonds is 6. The van der Waals surface area contributed by atoms with Crippen LogP contribution in [0, 0.1) is 24.1 Å². The van der Waals surface area contributed by atoms with Crippen LogP contribution in [0.2, 0.25) is 5.02 Å². The van der Waals surface area contributed by atoms with E-state index in [0.29, 0.717) is 26.8 Å². The number of nitriles is 1. The van der Waals surface area contributed by atoms with Gasteiger partial charge in [-0.3, -0.25) is 4.79 Å². The lowest BCUT2D eigenvalue weighted by atomic mass is 10.1. The highest BCUT2D eigenvalue weighted by Crippen LogP contribution is 2.34. The number of carbonyl (C=O) groups excluding carboxylic acids is 1. The second-order valence-corrected chi connectivity index (χ2v) is 9.95. The highest BCUT2D eigenvalue weighted by molar-refractivity contribution is 7.89. The summed E-state index contributed by atoms with van der Waals surface area (Å²) in [4.78, 5) is 18.8. The molecule has 0 radical (unpaired) electrons. The van der Waals surface area contributed by atoms with E-state index in [2.05, 4.69) is 4.98 Å². The molecule has 1 aromatic heterocycles. The molecule has 3 rings (SSSR count). The maximum absolute atomic E-state index is 14.5. The number of hydrogen-bond donors (Lipinski definition) is 1. The number of carbonyl (C=O) groups is 1. The molecular weight excluding hydrogens is 463 g/mol.